The number of anilines is 1. The molecule has 0 fully saturated rings. The van der Waals surface area contributed by atoms with Crippen LogP contribution in [0.1, 0.15) is 10.4 Å². The number of carbonyl (C=O) groups is 1. The van der Waals surface area contributed by atoms with E-state index in [2.05, 4.69) is 24.9 Å². The highest BCUT2D eigenvalue weighted by atomic mass is 32.2. The maximum atomic E-state index is 11.4. The lowest BCUT2D eigenvalue weighted by Crippen LogP contribution is -2.13. The van der Waals surface area contributed by atoms with Gasteiger partial charge in [0, 0.05) is 0 Å². The molecule has 0 saturated heterocycles. The smallest absolute Gasteiger partial charge is 0.251 e. The minimum atomic E-state index is -0.595. The van der Waals surface area contributed by atoms with Gasteiger partial charge in [0.15, 0.2) is 5.65 Å². The van der Waals surface area contributed by atoms with E-state index in [1.807, 2.05) is 0 Å². The zero-order valence-corrected chi connectivity index (χ0v) is 10.9. The Hall–Kier alpha value is -2.68. The highest BCUT2D eigenvalue weighted by Crippen LogP contribution is 2.31. The molecule has 100 valence electrons. The van der Waals surface area contributed by atoms with E-state index in [4.69, 9.17) is 11.5 Å². The van der Waals surface area contributed by atoms with Gasteiger partial charge in [0.2, 0.25) is 0 Å². The van der Waals surface area contributed by atoms with E-state index in [0.29, 0.717) is 26.9 Å². The summed E-state index contributed by atoms with van der Waals surface area (Å²) < 4.78 is 0. The predicted octanol–water partition coefficient (Wildman–Crippen LogP) is 0.580. The van der Waals surface area contributed by atoms with Crippen LogP contribution in [0.15, 0.2) is 35.0 Å². The second kappa shape index (κ2) is 4.78. The average molecular weight is 287 g/mol. The Kier molecular flexibility index (Phi) is 2.95. The van der Waals surface area contributed by atoms with Gasteiger partial charge in [-0.3, -0.25) is 4.79 Å². The number of pyridine rings is 1. The predicted molar refractivity (Wildman–Crippen MR) is 73.0 cm³/mol. The molecule has 0 aliphatic heterocycles. The Balaban J connectivity index is 2.07. The monoisotopic (exact) mass is 287 g/mol. The first-order chi connectivity index (χ1) is 9.65. The number of aromatic amines is 1. The standard InChI is InChI=1S/C11H9N7OS/c12-5-1-6(8(13)19)10(14-2-5)20-11-7-9(16-3-15-7)17-4-18-11/h1-4H,12H2,(H2,13,19)(H,15,16,17,18). The van der Waals surface area contributed by atoms with Gasteiger partial charge in [-0.05, 0) is 17.8 Å². The van der Waals surface area contributed by atoms with Crippen molar-refractivity contribution in [1.82, 2.24) is 24.9 Å². The number of rotatable bonds is 3. The maximum Gasteiger partial charge on any atom is 0.251 e. The van der Waals surface area contributed by atoms with Crippen LogP contribution in [0, 0.1) is 0 Å². The van der Waals surface area contributed by atoms with Crippen molar-refractivity contribution >= 4 is 34.5 Å². The number of aromatic nitrogens is 5. The van der Waals surface area contributed by atoms with Gasteiger partial charge in [0.1, 0.15) is 21.9 Å². The van der Waals surface area contributed by atoms with Gasteiger partial charge in [0.25, 0.3) is 5.91 Å². The Morgan fingerprint density at radius 1 is 1.20 bits per heavy atom. The fourth-order valence-corrected chi connectivity index (χ4v) is 2.55. The molecule has 8 nitrogen and oxygen atoms in total. The second-order valence-electron chi connectivity index (χ2n) is 3.87. The van der Waals surface area contributed by atoms with Gasteiger partial charge in [-0.25, -0.2) is 19.9 Å². The summed E-state index contributed by atoms with van der Waals surface area (Å²) in [5.74, 6) is -0.595. The number of amides is 1. The molecule has 0 bridgehead atoms. The number of carbonyl (C=O) groups excluding carboxylic acids is 1. The third-order valence-corrected chi connectivity index (χ3v) is 3.54. The summed E-state index contributed by atoms with van der Waals surface area (Å²) in [6.07, 6.45) is 4.38. The number of nitrogens with one attached hydrogen (secondary N) is 1. The first-order valence-electron chi connectivity index (χ1n) is 5.52. The highest BCUT2D eigenvalue weighted by molar-refractivity contribution is 7.99. The molecular formula is C11H9N7OS. The van der Waals surface area contributed by atoms with Crippen LogP contribution in [0.5, 0.6) is 0 Å². The first kappa shape index (κ1) is 12.4. The summed E-state index contributed by atoms with van der Waals surface area (Å²) in [5, 5.41) is 1.04. The Bertz CT molecular complexity index is 800. The largest absolute Gasteiger partial charge is 0.397 e. The quantitative estimate of drug-likeness (QED) is 0.599. The zero-order valence-electron chi connectivity index (χ0n) is 10.1. The molecule has 0 atom stereocenters. The van der Waals surface area contributed by atoms with Crippen LogP contribution in [0.25, 0.3) is 11.2 Å². The van der Waals surface area contributed by atoms with E-state index in [1.54, 1.807) is 0 Å². The molecule has 0 radical (unpaired) electrons. The Morgan fingerprint density at radius 3 is 2.85 bits per heavy atom. The van der Waals surface area contributed by atoms with E-state index < -0.39 is 5.91 Å². The van der Waals surface area contributed by atoms with E-state index >= 15 is 0 Å². The molecular weight excluding hydrogens is 278 g/mol. The third kappa shape index (κ3) is 2.14. The zero-order chi connectivity index (χ0) is 14.1. The van der Waals surface area contributed by atoms with Crippen LogP contribution >= 0.6 is 11.8 Å². The summed E-state index contributed by atoms with van der Waals surface area (Å²) in [4.78, 5) is 30.7. The minimum Gasteiger partial charge on any atom is -0.397 e. The molecule has 0 aliphatic rings. The molecule has 0 aliphatic carbocycles. The number of nitrogen functional groups attached to an aromatic ring is 1. The lowest BCUT2D eigenvalue weighted by molar-refractivity contribution is 0.0997. The molecule has 9 heteroatoms. The lowest BCUT2D eigenvalue weighted by Gasteiger charge is -2.06. The fraction of sp³-hybridized carbons (Fsp3) is 0. The van der Waals surface area contributed by atoms with Crippen LogP contribution in [-0.4, -0.2) is 30.8 Å². The molecule has 3 rings (SSSR count). The van der Waals surface area contributed by atoms with E-state index in [1.165, 1.54) is 36.7 Å². The second-order valence-corrected chi connectivity index (χ2v) is 4.85. The van der Waals surface area contributed by atoms with Crippen molar-refractivity contribution in [1.29, 1.82) is 0 Å². The van der Waals surface area contributed by atoms with Crippen molar-refractivity contribution in [3.05, 3.63) is 30.5 Å². The van der Waals surface area contributed by atoms with Crippen molar-refractivity contribution < 1.29 is 4.79 Å². The highest BCUT2D eigenvalue weighted by Gasteiger charge is 2.15. The van der Waals surface area contributed by atoms with Crippen molar-refractivity contribution in [3.8, 4) is 0 Å². The summed E-state index contributed by atoms with van der Waals surface area (Å²) >= 11 is 1.20. The van der Waals surface area contributed by atoms with Crippen molar-refractivity contribution in [2.75, 3.05) is 5.73 Å². The number of fused-ring (bicyclic) bond motifs is 1. The number of nitrogens with zero attached hydrogens (tertiary/aromatic N) is 4. The Labute approximate surface area is 117 Å². The summed E-state index contributed by atoms with van der Waals surface area (Å²) in [7, 11) is 0. The van der Waals surface area contributed by atoms with Crippen LogP contribution < -0.4 is 11.5 Å². The Morgan fingerprint density at radius 2 is 2.05 bits per heavy atom. The molecule has 0 saturated carbocycles. The maximum absolute atomic E-state index is 11.4. The fourth-order valence-electron chi connectivity index (χ4n) is 1.64. The van der Waals surface area contributed by atoms with E-state index in [-0.39, 0.29) is 5.56 Å². The van der Waals surface area contributed by atoms with Gasteiger partial charge in [-0.15, -0.1) is 0 Å². The molecule has 3 aromatic rings. The van der Waals surface area contributed by atoms with Crippen molar-refractivity contribution in [3.63, 3.8) is 0 Å². The molecule has 3 aromatic heterocycles. The van der Waals surface area contributed by atoms with Crippen LogP contribution in [-0.2, 0) is 0 Å². The van der Waals surface area contributed by atoms with E-state index in [9.17, 15) is 4.79 Å². The van der Waals surface area contributed by atoms with Gasteiger partial charge < -0.3 is 16.5 Å². The number of hydrogen-bond donors (Lipinski definition) is 3. The topological polar surface area (TPSA) is 136 Å². The first-order valence-corrected chi connectivity index (χ1v) is 6.34. The average Bonchev–Trinajstić information content (AvgIpc) is 2.90. The van der Waals surface area contributed by atoms with E-state index in [0.717, 1.165) is 0 Å². The van der Waals surface area contributed by atoms with Crippen LogP contribution in [0.4, 0.5) is 5.69 Å². The summed E-state index contributed by atoms with van der Waals surface area (Å²) in [5.41, 5.74) is 12.8. The number of imidazole rings is 1. The van der Waals surface area contributed by atoms with Crippen LogP contribution in [0.3, 0.4) is 0 Å². The lowest BCUT2D eigenvalue weighted by atomic mass is 10.2. The number of H-pyrrole nitrogens is 1. The molecule has 5 N–H and O–H groups in total. The third-order valence-electron chi connectivity index (χ3n) is 2.52. The normalized spacial score (nSPS) is 10.8. The number of primary amides is 1. The van der Waals surface area contributed by atoms with Gasteiger partial charge in [-0.1, -0.05) is 0 Å². The van der Waals surface area contributed by atoms with Crippen molar-refractivity contribution in [2.45, 2.75) is 10.1 Å². The SMILES string of the molecule is NC(=O)c1cc(N)cnc1Sc1ncnc2nc[nH]c12. The van der Waals surface area contributed by atoms with Gasteiger partial charge >= 0.3 is 0 Å². The minimum absolute atomic E-state index is 0.251. The summed E-state index contributed by atoms with van der Waals surface area (Å²) in [6.45, 7) is 0. The molecule has 20 heavy (non-hydrogen) atoms. The van der Waals surface area contributed by atoms with Gasteiger partial charge in [-0.2, -0.15) is 0 Å². The summed E-state index contributed by atoms with van der Waals surface area (Å²) in [6, 6.07) is 1.49. The van der Waals surface area contributed by atoms with Crippen LogP contribution in [0.2, 0.25) is 0 Å². The molecule has 0 unspecified atom stereocenters. The van der Waals surface area contributed by atoms with Gasteiger partial charge in [0.05, 0.1) is 23.8 Å². The molecule has 0 spiro atoms. The number of hydrogen-bond acceptors (Lipinski definition) is 7. The molecule has 0 aromatic carbocycles. The molecule has 1 amide bonds. The number of nitrogens with two attached hydrogens (primary N) is 2. The molecule has 3 heterocycles. The van der Waals surface area contributed by atoms with Crippen molar-refractivity contribution in [2.24, 2.45) is 5.73 Å².